The summed E-state index contributed by atoms with van der Waals surface area (Å²) in [5.41, 5.74) is 2.15. The van der Waals surface area contributed by atoms with E-state index in [1.54, 1.807) is 24.3 Å². The number of hydrogen-bond donors (Lipinski definition) is 2. The molecule has 22 heavy (non-hydrogen) atoms. The molecule has 0 aliphatic carbocycles. The number of benzene rings is 2. The van der Waals surface area contributed by atoms with Crippen LogP contribution in [0.25, 0.3) is 0 Å². The van der Waals surface area contributed by atoms with Gasteiger partial charge in [0.15, 0.2) is 11.5 Å². The first-order valence-electron chi connectivity index (χ1n) is 7.29. The number of hydrogen-bond acceptors (Lipinski definition) is 4. The summed E-state index contributed by atoms with van der Waals surface area (Å²) in [6.07, 6.45) is 2.54. The number of ether oxygens (including phenoxy) is 1. The summed E-state index contributed by atoms with van der Waals surface area (Å²) >= 11 is 0. The van der Waals surface area contributed by atoms with E-state index >= 15 is 0 Å². The lowest BCUT2D eigenvalue weighted by Gasteiger charge is -2.10. The molecule has 1 atom stereocenters. The number of aliphatic imine (C=N–C) groups is 1. The fourth-order valence-electron chi connectivity index (χ4n) is 2.13. The summed E-state index contributed by atoms with van der Waals surface area (Å²) < 4.78 is 5.07. The maximum Gasteiger partial charge on any atom is 0.166 e. The highest BCUT2D eigenvalue weighted by Gasteiger charge is 2.08. The first kappa shape index (κ1) is 15.9. The SMILES string of the molecule is CC[C@@H](C)c1ccc(O)c(N=Cc2cccc(OC)c2O)c1. The molecule has 0 unspecified atom stereocenters. The molecule has 0 radical (unpaired) electrons. The lowest BCUT2D eigenvalue weighted by Crippen LogP contribution is -1.91. The van der Waals surface area contributed by atoms with Crippen LogP contribution in [-0.2, 0) is 0 Å². The second kappa shape index (κ2) is 6.98. The highest BCUT2D eigenvalue weighted by Crippen LogP contribution is 2.32. The van der Waals surface area contributed by atoms with E-state index in [2.05, 4.69) is 18.8 Å². The fraction of sp³-hybridized carbons (Fsp3) is 0.278. The Kier molecular flexibility index (Phi) is 5.04. The molecule has 0 heterocycles. The van der Waals surface area contributed by atoms with Gasteiger partial charge in [-0.3, -0.25) is 4.99 Å². The summed E-state index contributed by atoms with van der Waals surface area (Å²) in [5.74, 6) is 0.943. The van der Waals surface area contributed by atoms with Crippen molar-refractivity contribution in [3.8, 4) is 17.2 Å². The van der Waals surface area contributed by atoms with Gasteiger partial charge in [0.1, 0.15) is 11.4 Å². The van der Waals surface area contributed by atoms with E-state index in [1.165, 1.54) is 13.3 Å². The smallest absolute Gasteiger partial charge is 0.166 e. The third kappa shape index (κ3) is 3.39. The molecule has 0 aliphatic rings. The van der Waals surface area contributed by atoms with Crippen molar-refractivity contribution in [1.29, 1.82) is 0 Å². The van der Waals surface area contributed by atoms with Crippen molar-refractivity contribution in [3.63, 3.8) is 0 Å². The molecule has 0 saturated carbocycles. The lowest BCUT2D eigenvalue weighted by atomic mass is 9.98. The van der Waals surface area contributed by atoms with Crippen LogP contribution in [0, 0.1) is 0 Å². The standard InChI is InChI=1S/C18H21NO3/c1-4-12(2)13-8-9-16(20)15(10-13)19-11-14-6-5-7-17(22-3)18(14)21/h5-12,20-21H,4H2,1-3H3/t12-/m1/s1. The van der Waals surface area contributed by atoms with Gasteiger partial charge in [0.25, 0.3) is 0 Å². The van der Waals surface area contributed by atoms with Crippen molar-refractivity contribution in [3.05, 3.63) is 47.5 Å². The van der Waals surface area contributed by atoms with E-state index < -0.39 is 0 Å². The zero-order valence-electron chi connectivity index (χ0n) is 13.1. The molecule has 116 valence electrons. The number of phenolic OH excluding ortho intramolecular Hbond substituents is 2. The Labute approximate surface area is 130 Å². The predicted molar refractivity (Wildman–Crippen MR) is 88.7 cm³/mol. The molecule has 4 heteroatoms. The van der Waals surface area contributed by atoms with Gasteiger partial charge in [-0.15, -0.1) is 0 Å². The molecule has 2 N–H and O–H groups in total. The van der Waals surface area contributed by atoms with Crippen LogP contribution in [0.15, 0.2) is 41.4 Å². The van der Waals surface area contributed by atoms with Crippen molar-refractivity contribution in [1.82, 2.24) is 0 Å². The molecule has 2 aromatic rings. The quantitative estimate of drug-likeness (QED) is 0.806. The van der Waals surface area contributed by atoms with Gasteiger partial charge in [0, 0.05) is 11.8 Å². The maximum absolute atomic E-state index is 10.0. The summed E-state index contributed by atoms with van der Waals surface area (Å²) in [4.78, 5) is 4.30. The fourth-order valence-corrected chi connectivity index (χ4v) is 2.13. The van der Waals surface area contributed by atoms with E-state index in [0.717, 1.165) is 12.0 Å². The van der Waals surface area contributed by atoms with Crippen LogP contribution in [0.4, 0.5) is 5.69 Å². The second-order valence-electron chi connectivity index (χ2n) is 5.21. The van der Waals surface area contributed by atoms with Gasteiger partial charge < -0.3 is 14.9 Å². The molecule has 2 rings (SSSR count). The van der Waals surface area contributed by atoms with Gasteiger partial charge in [-0.05, 0) is 42.2 Å². The highest BCUT2D eigenvalue weighted by atomic mass is 16.5. The Balaban J connectivity index is 2.34. The zero-order chi connectivity index (χ0) is 16.1. The zero-order valence-corrected chi connectivity index (χ0v) is 13.1. The molecule has 0 aromatic heterocycles. The van der Waals surface area contributed by atoms with Crippen LogP contribution in [0.2, 0.25) is 0 Å². The Hall–Kier alpha value is -2.49. The monoisotopic (exact) mass is 299 g/mol. The van der Waals surface area contributed by atoms with E-state index in [1.807, 2.05) is 12.1 Å². The van der Waals surface area contributed by atoms with E-state index in [0.29, 0.717) is 22.9 Å². The molecule has 0 saturated heterocycles. The van der Waals surface area contributed by atoms with Crippen molar-refractivity contribution in [2.45, 2.75) is 26.2 Å². The van der Waals surface area contributed by atoms with Gasteiger partial charge >= 0.3 is 0 Å². The molecule has 0 fully saturated rings. The summed E-state index contributed by atoms with van der Waals surface area (Å²) in [7, 11) is 1.50. The summed E-state index contributed by atoms with van der Waals surface area (Å²) in [5, 5.41) is 20.0. The van der Waals surface area contributed by atoms with Crippen molar-refractivity contribution < 1.29 is 14.9 Å². The van der Waals surface area contributed by atoms with Crippen LogP contribution in [0.1, 0.15) is 37.3 Å². The second-order valence-corrected chi connectivity index (χ2v) is 5.21. The third-order valence-corrected chi connectivity index (χ3v) is 3.77. The van der Waals surface area contributed by atoms with Gasteiger partial charge in [-0.1, -0.05) is 26.0 Å². The van der Waals surface area contributed by atoms with Gasteiger partial charge in [-0.25, -0.2) is 0 Å². The molecule has 0 aliphatic heterocycles. The van der Waals surface area contributed by atoms with Crippen LogP contribution in [0.3, 0.4) is 0 Å². The molecule has 0 amide bonds. The minimum Gasteiger partial charge on any atom is -0.506 e. The maximum atomic E-state index is 10.0. The first-order valence-corrected chi connectivity index (χ1v) is 7.29. The summed E-state index contributed by atoms with van der Waals surface area (Å²) in [6.45, 7) is 4.25. The Morgan fingerprint density at radius 1 is 1.23 bits per heavy atom. The minimum atomic E-state index is 0.0336. The third-order valence-electron chi connectivity index (χ3n) is 3.77. The van der Waals surface area contributed by atoms with E-state index in [4.69, 9.17) is 4.74 Å². The van der Waals surface area contributed by atoms with Gasteiger partial charge in [0.05, 0.1) is 7.11 Å². The highest BCUT2D eigenvalue weighted by molar-refractivity contribution is 5.87. The number of para-hydroxylation sites is 1. The molecule has 0 spiro atoms. The molecule has 4 nitrogen and oxygen atoms in total. The van der Waals surface area contributed by atoms with Crippen LogP contribution >= 0.6 is 0 Å². The molecular formula is C18H21NO3. The van der Waals surface area contributed by atoms with E-state index in [-0.39, 0.29) is 11.5 Å². The van der Waals surface area contributed by atoms with Crippen LogP contribution in [0.5, 0.6) is 17.2 Å². The van der Waals surface area contributed by atoms with Gasteiger partial charge in [-0.2, -0.15) is 0 Å². The topological polar surface area (TPSA) is 62.1 Å². The molecule has 0 bridgehead atoms. The Morgan fingerprint density at radius 3 is 2.68 bits per heavy atom. The molecular weight excluding hydrogens is 278 g/mol. The number of phenols is 2. The first-order chi connectivity index (χ1) is 10.6. The largest absolute Gasteiger partial charge is 0.506 e. The van der Waals surface area contributed by atoms with Crippen molar-refractivity contribution in [2.24, 2.45) is 4.99 Å². The lowest BCUT2D eigenvalue weighted by molar-refractivity contribution is 0.373. The Bertz CT molecular complexity index is 680. The van der Waals surface area contributed by atoms with E-state index in [9.17, 15) is 10.2 Å². The average Bonchev–Trinajstić information content (AvgIpc) is 2.54. The number of methoxy groups -OCH3 is 1. The van der Waals surface area contributed by atoms with Crippen molar-refractivity contribution >= 4 is 11.9 Å². The predicted octanol–water partition coefficient (Wildman–Crippen LogP) is 4.37. The Morgan fingerprint density at radius 2 is 2.00 bits per heavy atom. The average molecular weight is 299 g/mol. The van der Waals surface area contributed by atoms with Gasteiger partial charge in [0.2, 0.25) is 0 Å². The van der Waals surface area contributed by atoms with Crippen LogP contribution < -0.4 is 4.74 Å². The number of aromatic hydroxyl groups is 2. The van der Waals surface area contributed by atoms with Crippen molar-refractivity contribution in [2.75, 3.05) is 7.11 Å². The number of nitrogens with zero attached hydrogens (tertiary/aromatic N) is 1. The summed E-state index contributed by atoms with van der Waals surface area (Å²) in [6, 6.07) is 10.6. The minimum absolute atomic E-state index is 0.0336. The number of rotatable bonds is 5. The normalized spacial score (nSPS) is 12.5. The molecule has 2 aromatic carbocycles. The van der Waals surface area contributed by atoms with Crippen LogP contribution in [-0.4, -0.2) is 23.5 Å².